The zero-order valence-corrected chi connectivity index (χ0v) is 15.0. The molecule has 11 heteroatoms. The van der Waals surface area contributed by atoms with Gasteiger partial charge < -0.3 is 14.6 Å². The van der Waals surface area contributed by atoms with Crippen LogP contribution in [-0.4, -0.2) is 15.5 Å². The summed E-state index contributed by atoms with van der Waals surface area (Å²) in [5.74, 6) is 0. The number of hydrogen-bond acceptors (Lipinski definition) is 4. The predicted octanol–water partition coefficient (Wildman–Crippen LogP) is 4.92. The molecule has 0 spiro atoms. The third kappa shape index (κ3) is 4.13. The maximum atomic E-state index is 13.1. The number of H-pyrrole nitrogens is 1. The SMILES string of the molecule is CSN1C=C(Nc2cc(C(F)(F)F)cc(C(F)(F)F)c2)c2c(cc[nH]c2=O)C1. The Bertz CT molecular complexity index is 948. The van der Waals surface area contributed by atoms with Gasteiger partial charge >= 0.3 is 12.4 Å². The highest BCUT2D eigenvalue weighted by molar-refractivity contribution is 7.96. The van der Waals surface area contributed by atoms with Gasteiger partial charge in [-0.1, -0.05) is 11.9 Å². The van der Waals surface area contributed by atoms with Gasteiger partial charge in [-0.25, -0.2) is 0 Å². The number of nitrogens with zero attached hydrogens (tertiary/aromatic N) is 1. The third-order valence-electron chi connectivity index (χ3n) is 4.02. The minimum atomic E-state index is -4.96. The maximum Gasteiger partial charge on any atom is 0.416 e. The van der Waals surface area contributed by atoms with Crippen molar-refractivity contribution in [1.82, 2.24) is 9.29 Å². The average Bonchev–Trinajstić information content (AvgIpc) is 2.59. The Labute approximate surface area is 159 Å². The lowest BCUT2D eigenvalue weighted by molar-refractivity contribution is -0.143. The number of pyridine rings is 1. The second-order valence-corrected chi connectivity index (χ2v) is 6.76. The van der Waals surface area contributed by atoms with Gasteiger partial charge in [0.15, 0.2) is 0 Å². The highest BCUT2D eigenvalue weighted by atomic mass is 32.2. The smallest absolute Gasteiger partial charge is 0.354 e. The molecule has 1 aromatic heterocycles. The van der Waals surface area contributed by atoms with Crippen LogP contribution in [0, 0.1) is 0 Å². The van der Waals surface area contributed by atoms with Crippen LogP contribution in [0.4, 0.5) is 32.0 Å². The van der Waals surface area contributed by atoms with E-state index < -0.39 is 34.7 Å². The van der Waals surface area contributed by atoms with Gasteiger partial charge in [-0.15, -0.1) is 0 Å². The molecule has 150 valence electrons. The Morgan fingerprint density at radius 3 is 2.21 bits per heavy atom. The standard InChI is InChI=1S/C17H13F6N3OS/c1-28-26-7-9-2-3-24-15(27)14(9)13(8-26)25-12-5-10(16(18,19)20)4-11(6-12)17(21,22)23/h2-6,8,25H,7H2,1H3,(H,24,27). The van der Waals surface area contributed by atoms with Gasteiger partial charge in [-0.2, -0.15) is 26.3 Å². The highest BCUT2D eigenvalue weighted by Crippen LogP contribution is 2.38. The Morgan fingerprint density at radius 2 is 1.68 bits per heavy atom. The first kappa shape index (κ1) is 20.2. The van der Waals surface area contributed by atoms with E-state index >= 15 is 0 Å². The van der Waals surface area contributed by atoms with E-state index in [1.165, 1.54) is 24.3 Å². The predicted molar refractivity (Wildman–Crippen MR) is 94.2 cm³/mol. The molecule has 0 saturated carbocycles. The monoisotopic (exact) mass is 421 g/mol. The summed E-state index contributed by atoms with van der Waals surface area (Å²) >= 11 is 1.29. The van der Waals surface area contributed by atoms with Gasteiger partial charge in [0.1, 0.15) is 0 Å². The summed E-state index contributed by atoms with van der Waals surface area (Å²) in [6.07, 6.45) is -5.28. The van der Waals surface area contributed by atoms with Gasteiger partial charge in [0.05, 0.1) is 28.9 Å². The fourth-order valence-corrected chi connectivity index (χ4v) is 3.24. The summed E-state index contributed by atoms with van der Waals surface area (Å²) in [7, 11) is 0. The van der Waals surface area contributed by atoms with Crippen LogP contribution in [0.5, 0.6) is 0 Å². The Morgan fingerprint density at radius 1 is 1.07 bits per heavy atom. The van der Waals surface area contributed by atoms with E-state index in [9.17, 15) is 31.1 Å². The van der Waals surface area contributed by atoms with Crippen molar-refractivity contribution in [3.8, 4) is 0 Å². The van der Waals surface area contributed by atoms with Crippen LogP contribution in [0.1, 0.15) is 22.3 Å². The first-order valence-electron chi connectivity index (χ1n) is 7.79. The van der Waals surface area contributed by atoms with E-state index in [2.05, 4.69) is 10.3 Å². The van der Waals surface area contributed by atoms with Crippen molar-refractivity contribution in [3.05, 3.63) is 69.3 Å². The van der Waals surface area contributed by atoms with Crippen LogP contribution >= 0.6 is 11.9 Å². The van der Waals surface area contributed by atoms with E-state index in [1.54, 1.807) is 16.6 Å². The minimum absolute atomic E-state index is 0.0510. The summed E-state index contributed by atoms with van der Waals surface area (Å²) in [5, 5.41) is 2.55. The van der Waals surface area contributed by atoms with Crippen LogP contribution in [0.2, 0.25) is 0 Å². The van der Waals surface area contributed by atoms with E-state index in [1.807, 2.05) is 0 Å². The van der Waals surface area contributed by atoms with Crippen molar-refractivity contribution >= 4 is 23.3 Å². The van der Waals surface area contributed by atoms with Gasteiger partial charge in [0.2, 0.25) is 0 Å². The molecule has 1 aromatic carbocycles. The average molecular weight is 421 g/mol. The molecule has 0 saturated heterocycles. The van der Waals surface area contributed by atoms with Crippen LogP contribution < -0.4 is 10.9 Å². The molecule has 28 heavy (non-hydrogen) atoms. The molecule has 0 bridgehead atoms. The van der Waals surface area contributed by atoms with Crippen molar-refractivity contribution in [1.29, 1.82) is 0 Å². The van der Waals surface area contributed by atoms with Crippen molar-refractivity contribution in [2.45, 2.75) is 18.9 Å². The second kappa shape index (κ2) is 7.12. The first-order valence-corrected chi connectivity index (χ1v) is 8.97. The normalized spacial score (nSPS) is 14.5. The fourth-order valence-electron chi connectivity index (χ4n) is 2.76. The van der Waals surface area contributed by atoms with E-state index in [4.69, 9.17) is 0 Å². The quantitative estimate of drug-likeness (QED) is 0.546. The molecule has 0 amide bonds. The van der Waals surface area contributed by atoms with Gasteiger partial charge in [-0.3, -0.25) is 4.79 Å². The van der Waals surface area contributed by atoms with Crippen molar-refractivity contribution in [3.63, 3.8) is 0 Å². The Hall–Kier alpha value is -2.56. The fraction of sp³-hybridized carbons (Fsp3) is 0.235. The molecule has 0 fully saturated rings. The Balaban J connectivity index is 2.10. The summed E-state index contributed by atoms with van der Waals surface area (Å²) in [4.78, 5) is 14.6. The first-order chi connectivity index (χ1) is 13.0. The lowest BCUT2D eigenvalue weighted by Gasteiger charge is -2.27. The number of aromatic amines is 1. The van der Waals surface area contributed by atoms with Gasteiger partial charge in [0, 0.05) is 24.3 Å². The molecule has 3 rings (SSSR count). The van der Waals surface area contributed by atoms with Crippen molar-refractivity contribution in [2.24, 2.45) is 0 Å². The third-order valence-corrected chi connectivity index (χ3v) is 4.72. The topological polar surface area (TPSA) is 48.1 Å². The molecule has 1 aliphatic rings. The molecule has 0 radical (unpaired) electrons. The summed E-state index contributed by atoms with van der Waals surface area (Å²) in [6, 6.07) is 2.83. The van der Waals surface area contributed by atoms with Crippen molar-refractivity contribution < 1.29 is 26.3 Å². The van der Waals surface area contributed by atoms with Crippen molar-refractivity contribution in [2.75, 3.05) is 11.6 Å². The van der Waals surface area contributed by atoms with Crippen LogP contribution in [0.25, 0.3) is 5.70 Å². The van der Waals surface area contributed by atoms with E-state index in [-0.39, 0.29) is 17.3 Å². The van der Waals surface area contributed by atoms with Crippen LogP contribution in [0.15, 0.2) is 41.5 Å². The number of aromatic nitrogens is 1. The van der Waals surface area contributed by atoms with Crippen LogP contribution in [-0.2, 0) is 18.9 Å². The number of rotatable bonds is 3. The largest absolute Gasteiger partial charge is 0.416 e. The number of halogens is 6. The van der Waals surface area contributed by atoms with E-state index in [0.29, 0.717) is 24.2 Å². The lowest BCUT2D eigenvalue weighted by atomic mass is 10.0. The summed E-state index contributed by atoms with van der Waals surface area (Å²) < 4.78 is 80.0. The lowest BCUT2D eigenvalue weighted by Crippen LogP contribution is -2.25. The molecule has 2 heterocycles. The van der Waals surface area contributed by atoms with Gasteiger partial charge in [0.25, 0.3) is 5.56 Å². The molecular formula is C17H13F6N3OS. The molecule has 1 aliphatic heterocycles. The Kier molecular flexibility index (Phi) is 5.13. The minimum Gasteiger partial charge on any atom is -0.354 e. The molecular weight excluding hydrogens is 408 g/mol. The molecule has 2 N–H and O–H groups in total. The number of hydrogen-bond donors (Lipinski definition) is 2. The zero-order valence-electron chi connectivity index (χ0n) is 14.2. The van der Waals surface area contributed by atoms with Crippen LogP contribution in [0.3, 0.4) is 0 Å². The van der Waals surface area contributed by atoms with E-state index in [0.717, 1.165) is 0 Å². The number of nitrogens with one attached hydrogen (secondary N) is 2. The zero-order chi connectivity index (χ0) is 20.7. The number of anilines is 1. The summed E-state index contributed by atoms with van der Waals surface area (Å²) in [5.41, 5.74) is -2.95. The molecule has 0 atom stereocenters. The number of fused-ring (bicyclic) bond motifs is 1. The summed E-state index contributed by atoms with van der Waals surface area (Å²) in [6.45, 7) is 0.363. The second-order valence-electron chi connectivity index (χ2n) is 5.93. The molecule has 0 unspecified atom stereocenters. The molecule has 0 aliphatic carbocycles. The maximum absolute atomic E-state index is 13.1. The van der Waals surface area contributed by atoms with Gasteiger partial charge in [-0.05, 0) is 29.8 Å². The molecule has 4 nitrogen and oxygen atoms in total. The number of alkyl halides is 6. The molecule has 2 aromatic rings. The number of benzene rings is 1. The highest BCUT2D eigenvalue weighted by Gasteiger charge is 2.37.